The molecule has 128 valence electrons. The predicted octanol–water partition coefficient (Wildman–Crippen LogP) is 2.59. The van der Waals surface area contributed by atoms with Gasteiger partial charge in [0.25, 0.3) is 11.6 Å². The molecule has 1 unspecified atom stereocenters. The van der Waals surface area contributed by atoms with Gasteiger partial charge in [0.2, 0.25) is 0 Å². The lowest BCUT2D eigenvalue weighted by atomic mass is 9.96. The second kappa shape index (κ2) is 6.22. The number of piperidine rings is 1. The fourth-order valence-electron chi connectivity index (χ4n) is 3.11. The van der Waals surface area contributed by atoms with E-state index in [1.165, 1.54) is 0 Å². The monoisotopic (exact) mass is 331 g/mol. The molecule has 2 aromatic heterocycles. The third-order valence-corrected chi connectivity index (χ3v) is 4.52. The molecular weight excluding hydrogens is 310 g/mol. The number of amides is 1. The maximum Gasteiger partial charge on any atom is 0.308 e. The molecule has 1 aliphatic heterocycles. The maximum atomic E-state index is 13.0. The fraction of sp³-hybridized carbons (Fsp3) is 0.529. The van der Waals surface area contributed by atoms with Crippen molar-refractivity contribution in [2.75, 3.05) is 13.1 Å². The molecule has 1 N–H and O–H groups in total. The van der Waals surface area contributed by atoms with Crippen LogP contribution in [0.3, 0.4) is 0 Å². The third-order valence-electron chi connectivity index (χ3n) is 4.52. The molecule has 7 heteroatoms. The van der Waals surface area contributed by atoms with Gasteiger partial charge in [0.1, 0.15) is 0 Å². The molecule has 1 saturated heterocycles. The van der Waals surface area contributed by atoms with Crippen LogP contribution < -0.4 is 0 Å². The van der Waals surface area contributed by atoms with E-state index in [4.69, 9.17) is 4.52 Å². The number of rotatable bonds is 3. The first-order chi connectivity index (χ1) is 11.4. The Balaban J connectivity index is 2.02. The summed E-state index contributed by atoms with van der Waals surface area (Å²) in [5, 5.41) is 13.8. The lowest BCUT2D eigenvalue weighted by molar-refractivity contribution is -0.143. The van der Waals surface area contributed by atoms with E-state index in [9.17, 15) is 14.7 Å². The Labute approximate surface area is 139 Å². The molecule has 0 aromatic carbocycles. The number of hydrogen-bond acceptors (Lipinski definition) is 5. The Morgan fingerprint density at radius 3 is 2.83 bits per heavy atom. The summed E-state index contributed by atoms with van der Waals surface area (Å²) in [6.45, 7) is 6.56. The highest BCUT2D eigenvalue weighted by atomic mass is 16.5. The van der Waals surface area contributed by atoms with Gasteiger partial charge in [0.15, 0.2) is 0 Å². The number of nitrogens with zero attached hydrogens (tertiary/aromatic N) is 3. The first kappa shape index (κ1) is 16.4. The van der Waals surface area contributed by atoms with Crippen LogP contribution in [0, 0.1) is 12.8 Å². The molecule has 0 bridgehead atoms. The average Bonchev–Trinajstić information content (AvgIpc) is 2.94. The molecule has 1 aliphatic rings. The number of fused-ring (bicyclic) bond motifs is 1. The van der Waals surface area contributed by atoms with Crippen LogP contribution in [0.5, 0.6) is 0 Å². The van der Waals surface area contributed by atoms with Crippen LogP contribution in [0.1, 0.15) is 54.4 Å². The summed E-state index contributed by atoms with van der Waals surface area (Å²) in [5.41, 5.74) is 2.22. The number of aromatic nitrogens is 2. The minimum atomic E-state index is -0.851. The normalized spacial score (nSPS) is 18.3. The van der Waals surface area contributed by atoms with Crippen molar-refractivity contribution >= 4 is 23.0 Å². The molecule has 1 atom stereocenters. The second-order valence-electron chi connectivity index (χ2n) is 6.63. The number of carboxylic acids is 1. The van der Waals surface area contributed by atoms with Crippen molar-refractivity contribution in [2.24, 2.45) is 5.92 Å². The zero-order valence-corrected chi connectivity index (χ0v) is 14.1. The van der Waals surface area contributed by atoms with Gasteiger partial charge in [-0.05, 0) is 31.7 Å². The van der Waals surface area contributed by atoms with Crippen LogP contribution in [-0.4, -0.2) is 45.1 Å². The topological polar surface area (TPSA) is 96.5 Å². The number of carbonyl (C=O) groups excluding carboxylic acids is 1. The van der Waals surface area contributed by atoms with Gasteiger partial charge in [0, 0.05) is 18.8 Å². The van der Waals surface area contributed by atoms with Crippen molar-refractivity contribution in [3.63, 3.8) is 0 Å². The van der Waals surface area contributed by atoms with E-state index in [1.807, 2.05) is 13.8 Å². The van der Waals surface area contributed by atoms with E-state index < -0.39 is 11.9 Å². The highest BCUT2D eigenvalue weighted by Crippen LogP contribution is 2.27. The first-order valence-electron chi connectivity index (χ1n) is 8.17. The summed E-state index contributed by atoms with van der Waals surface area (Å²) in [6.07, 6.45) is 1.30. The number of carboxylic acid groups (broad SMARTS) is 1. The summed E-state index contributed by atoms with van der Waals surface area (Å²) in [7, 11) is 0. The number of carbonyl (C=O) groups is 2. The third kappa shape index (κ3) is 2.86. The summed E-state index contributed by atoms with van der Waals surface area (Å²) >= 11 is 0. The van der Waals surface area contributed by atoms with Crippen LogP contribution in [0.25, 0.3) is 11.1 Å². The van der Waals surface area contributed by atoms with E-state index in [-0.39, 0.29) is 18.4 Å². The minimum absolute atomic E-state index is 0.138. The molecule has 3 rings (SSSR count). The van der Waals surface area contributed by atoms with Crippen molar-refractivity contribution in [1.82, 2.24) is 15.0 Å². The van der Waals surface area contributed by atoms with Crippen molar-refractivity contribution in [1.29, 1.82) is 0 Å². The van der Waals surface area contributed by atoms with Crippen molar-refractivity contribution in [2.45, 2.75) is 39.5 Å². The van der Waals surface area contributed by atoms with Crippen molar-refractivity contribution in [3.8, 4) is 0 Å². The van der Waals surface area contributed by atoms with Gasteiger partial charge in [-0.2, -0.15) is 0 Å². The lowest BCUT2D eigenvalue weighted by Gasteiger charge is -2.31. The fourth-order valence-corrected chi connectivity index (χ4v) is 3.11. The molecular formula is C17H21N3O4. The van der Waals surface area contributed by atoms with Gasteiger partial charge < -0.3 is 14.5 Å². The number of pyridine rings is 1. The predicted molar refractivity (Wildman–Crippen MR) is 86.9 cm³/mol. The standard InChI is InChI=1S/C17H21N3O4/c1-9(2)13-7-12(14-10(3)19-24-15(14)18-13)16(21)20-6-4-5-11(8-20)17(22)23/h7,9,11H,4-6,8H2,1-3H3,(H,22,23). The number of aliphatic carboxylic acids is 1. The van der Waals surface area contributed by atoms with Crippen LogP contribution in [0.15, 0.2) is 10.6 Å². The molecule has 24 heavy (non-hydrogen) atoms. The van der Waals surface area contributed by atoms with E-state index in [1.54, 1.807) is 17.9 Å². The van der Waals surface area contributed by atoms with Gasteiger partial charge in [-0.15, -0.1) is 0 Å². The smallest absolute Gasteiger partial charge is 0.308 e. The van der Waals surface area contributed by atoms with Gasteiger partial charge in [-0.3, -0.25) is 9.59 Å². The molecule has 0 saturated carbocycles. The van der Waals surface area contributed by atoms with Gasteiger partial charge in [0.05, 0.1) is 22.6 Å². The van der Waals surface area contributed by atoms with E-state index in [0.29, 0.717) is 41.7 Å². The Kier molecular flexibility index (Phi) is 4.26. The van der Waals surface area contributed by atoms with Crippen LogP contribution in [-0.2, 0) is 4.79 Å². The van der Waals surface area contributed by atoms with Crippen LogP contribution in [0.2, 0.25) is 0 Å². The van der Waals surface area contributed by atoms with Gasteiger partial charge in [-0.1, -0.05) is 19.0 Å². The molecule has 0 radical (unpaired) electrons. The Bertz CT molecular complexity index is 796. The maximum absolute atomic E-state index is 13.0. The van der Waals surface area contributed by atoms with Crippen LogP contribution >= 0.6 is 0 Å². The van der Waals surface area contributed by atoms with Crippen molar-refractivity contribution < 1.29 is 19.2 Å². The largest absolute Gasteiger partial charge is 0.481 e. The zero-order valence-electron chi connectivity index (χ0n) is 14.1. The minimum Gasteiger partial charge on any atom is -0.481 e. The molecule has 7 nitrogen and oxygen atoms in total. The summed E-state index contributed by atoms with van der Waals surface area (Å²) in [4.78, 5) is 30.3. The van der Waals surface area contributed by atoms with E-state index in [2.05, 4.69) is 10.1 Å². The molecule has 1 fully saturated rings. The average molecular weight is 331 g/mol. The van der Waals surface area contributed by atoms with Crippen LogP contribution in [0.4, 0.5) is 0 Å². The SMILES string of the molecule is Cc1noc2nc(C(C)C)cc(C(=O)N3CCCC(C(=O)O)C3)c12. The number of likely N-dealkylation sites (tertiary alicyclic amines) is 1. The molecule has 1 amide bonds. The summed E-state index contributed by atoms with van der Waals surface area (Å²) in [6, 6.07) is 1.78. The van der Waals surface area contributed by atoms with E-state index in [0.717, 1.165) is 5.69 Å². The Morgan fingerprint density at radius 2 is 2.17 bits per heavy atom. The highest BCUT2D eigenvalue weighted by Gasteiger charge is 2.30. The van der Waals surface area contributed by atoms with Gasteiger partial charge >= 0.3 is 5.97 Å². The molecule has 3 heterocycles. The number of hydrogen-bond donors (Lipinski definition) is 1. The second-order valence-corrected chi connectivity index (χ2v) is 6.63. The zero-order chi connectivity index (χ0) is 17.4. The number of aryl methyl sites for hydroxylation is 1. The van der Waals surface area contributed by atoms with Gasteiger partial charge in [-0.25, -0.2) is 4.98 Å². The summed E-state index contributed by atoms with van der Waals surface area (Å²) < 4.78 is 5.25. The van der Waals surface area contributed by atoms with E-state index >= 15 is 0 Å². The molecule has 0 aliphatic carbocycles. The first-order valence-corrected chi connectivity index (χ1v) is 8.17. The molecule has 2 aromatic rings. The lowest BCUT2D eigenvalue weighted by Crippen LogP contribution is -2.42. The van der Waals surface area contributed by atoms with Crippen molar-refractivity contribution in [3.05, 3.63) is 23.0 Å². The summed E-state index contributed by atoms with van der Waals surface area (Å²) in [5.74, 6) is -1.40. The highest BCUT2D eigenvalue weighted by molar-refractivity contribution is 6.06. The Hall–Kier alpha value is -2.44. The molecule has 0 spiro atoms. The Morgan fingerprint density at radius 1 is 1.42 bits per heavy atom. The quantitative estimate of drug-likeness (QED) is 0.928.